The number of hydrogen-bond acceptors (Lipinski definition) is 12. The molecule has 22 nitrogen and oxygen atoms in total. The van der Waals surface area contributed by atoms with E-state index in [1.54, 1.807) is 111 Å². The van der Waals surface area contributed by atoms with Crippen molar-refractivity contribution in [1.82, 2.24) is 40.2 Å². The molecule has 4 atom stereocenters. The lowest BCUT2D eigenvalue weighted by Crippen LogP contribution is -2.35. The van der Waals surface area contributed by atoms with E-state index in [1.807, 2.05) is 85.2 Å². The molecule has 4 unspecified atom stereocenters. The maximum absolute atomic E-state index is 13.7. The molecule has 2 fully saturated rings. The summed E-state index contributed by atoms with van der Waals surface area (Å²) in [5.41, 5.74) is 8.16. The Morgan fingerprint density at radius 2 is 0.907 bits per heavy atom. The zero-order valence-corrected chi connectivity index (χ0v) is 47.6. The second kappa shape index (κ2) is 27.4. The highest BCUT2D eigenvalue weighted by molar-refractivity contribution is 6.07. The highest BCUT2D eigenvalue weighted by atomic mass is 16.6. The Balaban J connectivity index is 0.00000480. The van der Waals surface area contributed by atoms with E-state index in [4.69, 9.17) is 9.47 Å². The maximum atomic E-state index is 13.7. The molecule has 0 bridgehead atoms. The van der Waals surface area contributed by atoms with Crippen molar-refractivity contribution in [2.45, 2.75) is 63.3 Å². The summed E-state index contributed by atoms with van der Waals surface area (Å²) in [5, 5.41) is 13.0. The molecule has 86 heavy (non-hydrogen) atoms. The predicted molar refractivity (Wildman–Crippen MR) is 322 cm³/mol. The van der Waals surface area contributed by atoms with Crippen molar-refractivity contribution in [3.8, 4) is 0 Å². The van der Waals surface area contributed by atoms with Crippen LogP contribution in [-0.2, 0) is 67.4 Å². The number of nitrogens with one attached hydrogen (secondary N) is 6. The van der Waals surface area contributed by atoms with E-state index in [2.05, 4.69) is 31.2 Å². The number of aromatic amines is 2. The van der Waals surface area contributed by atoms with Crippen LogP contribution in [0.15, 0.2) is 170 Å². The summed E-state index contributed by atoms with van der Waals surface area (Å²) in [6.45, 7) is -0.0302. The SMILES string of the molecule is CN(C)C(Cc1c[nH]c2ccc(CC3NC(=O)N(Cc4cccc(C(=O)Nc5ccccc5)c4)C3=O)cc12)OC(=O)/C=C\C(=O)OC(Cc1c[nH]c2ccc(CC3NC(=O)N(Cc4cccc(C(=O)Nc5ccccc5)c4)C3=O)cc12)N(C)C.O.O. The Bertz CT molecular complexity index is 3600. The first-order chi connectivity index (χ1) is 40.5. The summed E-state index contributed by atoms with van der Waals surface area (Å²) < 4.78 is 11.7. The van der Waals surface area contributed by atoms with Crippen LogP contribution in [0.4, 0.5) is 21.0 Å². The Morgan fingerprint density at radius 3 is 1.29 bits per heavy atom. The molecule has 6 aromatic carbocycles. The number of nitrogens with zero attached hydrogens (tertiary/aromatic N) is 4. The molecule has 2 aliphatic heterocycles. The molecule has 2 saturated heterocycles. The van der Waals surface area contributed by atoms with Gasteiger partial charge in [0, 0.05) is 94.5 Å². The predicted octanol–water partition coefficient (Wildman–Crippen LogP) is 6.03. The van der Waals surface area contributed by atoms with E-state index in [1.165, 1.54) is 0 Å². The third kappa shape index (κ3) is 14.7. The number of rotatable bonds is 22. The second-order valence-corrected chi connectivity index (χ2v) is 21.1. The quantitative estimate of drug-likeness (QED) is 0.0196. The topological polar surface area (TPSA) is 311 Å². The smallest absolute Gasteiger partial charge is 0.332 e. The molecule has 4 heterocycles. The normalized spacial score (nSPS) is 15.6. The third-order valence-corrected chi connectivity index (χ3v) is 14.7. The van der Waals surface area contributed by atoms with Crippen LogP contribution in [0.5, 0.6) is 0 Å². The Hall–Kier alpha value is -10.3. The van der Waals surface area contributed by atoms with Crippen LogP contribution in [0.3, 0.4) is 0 Å². The lowest BCUT2D eigenvalue weighted by atomic mass is 10.0. The first kappa shape index (κ1) is 61.8. The van der Waals surface area contributed by atoms with Crippen LogP contribution in [0.2, 0.25) is 0 Å². The molecular formula is C64H66N10O12. The number of ether oxygens (including phenoxy) is 2. The van der Waals surface area contributed by atoms with Gasteiger partial charge >= 0.3 is 24.0 Å². The number of esters is 2. The third-order valence-electron chi connectivity index (χ3n) is 14.7. The minimum Gasteiger partial charge on any atom is -0.443 e. The van der Waals surface area contributed by atoms with E-state index >= 15 is 0 Å². The monoisotopic (exact) mass is 1170 g/mol. The minimum absolute atomic E-state index is 0. The second-order valence-electron chi connectivity index (χ2n) is 21.1. The molecule has 0 spiro atoms. The fraction of sp³-hybridized carbons (Fsp3) is 0.219. The molecule has 0 aliphatic carbocycles. The molecule has 10 N–H and O–H groups in total. The lowest BCUT2D eigenvalue weighted by Gasteiger charge is -2.24. The van der Waals surface area contributed by atoms with Crippen LogP contribution >= 0.6 is 0 Å². The Kier molecular flexibility index (Phi) is 19.7. The number of carbonyl (C=O) groups is 8. The van der Waals surface area contributed by atoms with Crippen molar-refractivity contribution in [2.75, 3.05) is 38.8 Å². The van der Waals surface area contributed by atoms with Crippen LogP contribution < -0.4 is 21.3 Å². The van der Waals surface area contributed by atoms with Crippen molar-refractivity contribution in [3.63, 3.8) is 0 Å². The standard InChI is InChI=1S/C64H62N10O10.2H2O/c1-71(2)55(33-45-35-65-51-23-21-39(29-49(45)51)31-53-61(79)73(63(81)69-53)37-41-13-11-15-43(27-41)59(77)67-47-17-7-5-8-18-47)83-57(75)25-26-58(76)84-56(72(3)4)34-46-36-66-52-24-22-40(30-50(46)52)32-54-62(80)74(64(82)70-54)38-42-14-12-16-44(28-42)60(78)68-48-19-9-6-10-20-48;;/h5-30,35-36,53-56,65-66H,31-34,37-38H2,1-4H3,(H,67,77)(H,68,78)(H,69,81)(H,70,82);2*1H2/b26-25-;;. The summed E-state index contributed by atoms with van der Waals surface area (Å²) in [5.74, 6) is -2.94. The highest BCUT2D eigenvalue weighted by Crippen LogP contribution is 2.27. The number of aromatic nitrogens is 2. The molecule has 444 valence electrons. The van der Waals surface area contributed by atoms with Gasteiger partial charge in [-0.2, -0.15) is 0 Å². The van der Waals surface area contributed by atoms with Gasteiger partial charge in [-0.05, 0) is 134 Å². The molecule has 22 heteroatoms. The molecule has 2 aliphatic rings. The average molecular weight is 1170 g/mol. The van der Waals surface area contributed by atoms with Gasteiger partial charge in [-0.15, -0.1) is 0 Å². The first-order valence-corrected chi connectivity index (χ1v) is 27.3. The number of carbonyl (C=O) groups excluding carboxylic acids is 8. The van der Waals surface area contributed by atoms with Gasteiger partial charge in [-0.1, -0.05) is 72.8 Å². The zero-order valence-electron chi connectivity index (χ0n) is 47.6. The number of urea groups is 2. The summed E-state index contributed by atoms with van der Waals surface area (Å²) in [6.07, 6.45) is 5.17. The summed E-state index contributed by atoms with van der Waals surface area (Å²) >= 11 is 0. The summed E-state index contributed by atoms with van der Waals surface area (Å²) in [4.78, 5) is 118. The van der Waals surface area contributed by atoms with Gasteiger partial charge in [0.05, 0.1) is 13.1 Å². The largest absolute Gasteiger partial charge is 0.443 e. The molecule has 0 radical (unpaired) electrons. The number of imide groups is 2. The van der Waals surface area contributed by atoms with Gasteiger partial charge in [0.25, 0.3) is 23.6 Å². The molecule has 8 amide bonds. The first-order valence-electron chi connectivity index (χ1n) is 27.3. The van der Waals surface area contributed by atoms with Gasteiger partial charge in [-0.25, -0.2) is 19.2 Å². The van der Waals surface area contributed by atoms with Crippen LogP contribution in [0.1, 0.15) is 54.1 Å². The van der Waals surface area contributed by atoms with Crippen molar-refractivity contribution >= 4 is 80.8 Å². The maximum Gasteiger partial charge on any atom is 0.332 e. The van der Waals surface area contributed by atoms with E-state index in [9.17, 15) is 38.4 Å². The number of hydrogen-bond donors (Lipinski definition) is 6. The molecule has 8 aromatic rings. The van der Waals surface area contributed by atoms with Crippen molar-refractivity contribution in [3.05, 3.63) is 215 Å². The zero-order chi connectivity index (χ0) is 59.0. The van der Waals surface area contributed by atoms with Crippen molar-refractivity contribution in [1.29, 1.82) is 0 Å². The molecule has 10 rings (SSSR count). The molecule has 0 saturated carbocycles. The van der Waals surface area contributed by atoms with Crippen LogP contribution in [0, 0.1) is 0 Å². The van der Waals surface area contributed by atoms with E-state index in [0.717, 1.165) is 66.0 Å². The van der Waals surface area contributed by atoms with Crippen molar-refractivity contribution < 1.29 is 58.8 Å². The van der Waals surface area contributed by atoms with Crippen LogP contribution in [-0.4, -0.2) is 141 Å². The number of fused-ring (bicyclic) bond motifs is 2. The Labute approximate surface area is 494 Å². The number of H-pyrrole nitrogens is 2. The number of benzene rings is 6. The number of anilines is 2. The van der Waals surface area contributed by atoms with E-state index in [-0.39, 0.29) is 61.5 Å². The number of likely N-dealkylation sites (N-methyl/N-ethyl adjacent to an activating group) is 2. The average Bonchev–Trinajstić information content (AvgIpc) is 2.49. The summed E-state index contributed by atoms with van der Waals surface area (Å²) in [6, 6.07) is 40.4. The van der Waals surface area contributed by atoms with Crippen LogP contribution in [0.25, 0.3) is 21.8 Å². The van der Waals surface area contributed by atoms with Gasteiger partial charge in [0.2, 0.25) is 0 Å². The Morgan fingerprint density at radius 1 is 0.512 bits per heavy atom. The highest BCUT2D eigenvalue weighted by Gasteiger charge is 2.39. The fourth-order valence-electron chi connectivity index (χ4n) is 10.2. The van der Waals surface area contributed by atoms with E-state index < -0.39 is 60.4 Å². The van der Waals surface area contributed by atoms with Crippen molar-refractivity contribution in [2.24, 2.45) is 0 Å². The number of amides is 8. The van der Waals surface area contributed by atoms with Gasteiger partial charge in [0.15, 0.2) is 12.5 Å². The minimum atomic E-state index is -0.819. The van der Waals surface area contributed by atoms with Gasteiger partial charge < -0.3 is 51.7 Å². The van der Waals surface area contributed by atoms with Gasteiger partial charge in [-0.3, -0.25) is 38.8 Å². The van der Waals surface area contributed by atoms with E-state index in [0.29, 0.717) is 33.6 Å². The molecular weight excluding hydrogens is 1100 g/mol. The van der Waals surface area contributed by atoms with Gasteiger partial charge in [0.1, 0.15) is 12.1 Å². The number of para-hydroxylation sites is 2. The lowest BCUT2D eigenvalue weighted by molar-refractivity contribution is -0.153. The molecule has 2 aromatic heterocycles. The summed E-state index contributed by atoms with van der Waals surface area (Å²) in [7, 11) is 7.06. The fourth-order valence-corrected chi connectivity index (χ4v) is 10.2.